The second-order valence-corrected chi connectivity index (χ2v) is 6.81. The maximum absolute atomic E-state index is 12.4. The molecule has 0 aliphatic carbocycles. The van der Waals surface area contributed by atoms with Crippen LogP contribution in [0.4, 0.5) is 0 Å². The highest BCUT2D eigenvalue weighted by Crippen LogP contribution is 2.17. The van der Waals surface area contributed by atoms with Gasteiger partial charge >= 0.3 is 0 Å². The van der Waals surface area contributed by atoms with Crippen molar-refractivity contribution in [2.45, 2.75) is 19.4 Å². The van der Waals surface area contributed by atoms with E-state index in [2.05, 4.69) is 10.6 Å². The number of benzene rings is 2. The monoisotopic (exact) mass is 358 g/mol. The molecule has 0 radical (unpaired) electrons. The van der Waals surface area contributed by atoms with E-state index in [0.29, 0.717) is 35.4 Å². The standard InChI is InChI=1S/C20H23ClN2O2/c21-18-7-1-4-15(10-18)14-25-19-8-2-6-17(11-19)20(24)23-13-16-5-3-9-22-12-16/h1-2,4,6-8,10-11,16,22H,3,5,9,12-14H2,(H,23,24). The summed E-state index contributed by atoms with van der Waals surface area (Å²) >= 11 is 5.98. The van der Waals surface area contributed by atoms with Gasteiger partial charge in [0.1, 0.15) is 12.4 Å². The molecule has 2 aromatic carbocycles. The maximum Gasteiger partial charge on any atom is 0.251 e. The van der Waals surface area contributed by atoms with Crippen LogP contribution in [0.2, 0.25) is 5.02 Å². The van der Waals surface area contributed by atoms with E-state index in [1.807, 2.05) is 36.4 Å². The fourth-order valence-electron chi connectivity index (χ4n) is 2.96. The molecule has 4 nitrogen and oxygen atoms in total. The quantitative estimate of drug-likeness (QED) is 0.828. The van der Waals surface area contributed by atoms with Gasteiger partial charge in [-0.25, -0.2) is 0 Å². The molecule has 1 saturated heterocycles. The topological polar surface area (TPSA) is 50.4 Å². The number of hydrogen-bond donors (Lipinski definition) is 2. The molecule has 0 bridgehead atoms. The van der Waals surface area contributed by atoms with Crippen LogP contribution >= 0.6 is 11.6 Å². The third-order valence-electron chi connectivity index (χ3n) is 4.34. The van der Waals surface area contributed by atoms with Gasteiger partial charge in [-0.15, -0.1) is 0 Å². The summed E-state index contributed by atoms with van der Waals surface area (Å²) in [5, 5.41) is 7.07. The molecule has 2 aromatic rings. The number of carbonyl (C=O) groups excluding carboxylic acids is 1. The first-order chi connectivity index (χ1) is 12.2. The van der Waals surface area contributed by atoms with Crippen LogP contribution in [0.25, 0.3) is 0 Å². The third kappa shape index (κ3) is 5.48. The molecule has 25 heavy (non-hydrogen) atoms. The second kappa shape index (κ2) is 8.88. The van der Waals surface area contributed by atoms with Gasteiger partial charge in [0.15, 0.2) is 0 Å². The number of rotatable bonds is 6. The van der Waals surface area contributed by atoms with Crippen LogP contribution < -0.4 is 15.4 Å². The van der Waals surface area contributed by atoms with Gasteiger partial charge in [-0.3, -0.25) is 4.79 Å². The average molecular weight is 359 g/mol. The molecule has 1 fully saturated rings. The smallest absolute Gasteiger partial charge is 0.251 e. The van der Waals surface area contributed by atoms with Gasteiger partial charge in [-0.1, -0.05) is 29.8 Å². The van der Waals surface area contributed by atoms with Crippen molar-refractivity contribution in [2.24, 2.45) is 5.92 Å². The number of piperidine rings is 1. The molecule has 3 rings (SSSR count). The predicted octanol–water partition coefficient (Wildman–Crippen LogP) is 3.65. The lowest BCUT2D eigenvalue weighted by molar-refractivity contribution is 0.0944. The highest BCUT2D eigenvalue weighted by atomic mass is 35.5. The van der Waals surface area contributed by atoms with E-state index >= 15 is 0 Å². The lowest BCUT2D eigenvalue weighted by Crippen LogP contribution is -2.38. The zero-order chi connectivity index (χ0) is 17.5. The minimum Gasteiger partial charge on any atom is -0.489 e. The molecule has 1 aliphatic rings. The molecule has 2 N–H and O–H groups in total. The Morgan fingerprint density at radius 3 is 2.92 bits per heavy atom. The first kappa shape index (κ1) is 17.8. The number of nitrogens with one attached hydrogen (secondary N) is 2. The van der Waals surface area contributed by atoms with Crippen LogP contribution in [0.1, 0.15) is 28.8 Å². The Morgan fingerprint density at radius 1 is 1.24 bits per heavy atom. The lowest BCUT2D eigenvalue weighted by Gasteiger charge is -2.22. The van der Waals surface area contributed by atoms with Crippen LogP contribution in [-0.4, -0.2) is 25.5 Å². The zero-order valence-electron chi connectivity index (χ0n) is 14.1. The van der Waals surface area contributed by atoms with Crippen LogP contribution in [-0.2, 0) is 6.61 Å². The van der Waals surface area contributed by atoms with Gasteiger partial charge in [0, 0.05) is 17.1 Å². The first-order valence-corrected chi connectivity index (χ1v) is 9.05. The Morgan fingerprint density at radius 2 is 2.12 bits per heavy atom. The van der Waals surface area contributed by atoms with Crippen molar-refractivity contribution < 1.29 is 9.53 Å². The largest absolute Gasteiger partial charge is 0.489 e. The predicted molar refractivity (Wildman–Crippen MR) is 100 cm³/mol. The van der Waals surface area contributed by atoms with E-state index in [9.17, 15) is 4.79 Å². The Kier molecular flexibility index (Phi) is 6.31. The Bertz CT molecular complexity index is 714. The zero-order valence-corrected chi connectivity index (χ0v) is 14.9. The second-order valence-electron chi connectivity index (χ2n) is 6.37. The molecule has 1 heterocycles. The molecule has 132 valence electrons. The van der Waals surface area contributed by atoms with Crippen molar-refractivity contribution in [1.29, 1.82) is 0 Å². The van der Waals surface area contributed by atoms with Crippen LogP contribution in [0.5, 0.6) is 5.75 Å². The molecule has 1 unspecified atom stereocenters. The van der Waals surface area contributed by atoms with E-state index in [1.165, 1.54) is 6.42 Å². The van der Waals surface area contributed by atoms with E-state index < -0.39 is 0 Å². The average Bonchev–Trinajstić information content (AvgIpc) is 2.65. The van der Waals surface area contributed by atoms with E-state index in [1.54, 1.807) is 12.1 Å². The van der Waals surface area contributed by atoms with Crippen molar-refractivity contribution >= 4 is 17.5 Å². The van der Waals surface area contributed by atoms with Gasteiger partial charge in [-0.05, 0) is 67.7 Å². The van der Waals surface area contributed by atoms with E-state index in [-0.39, 0.29) is 5.91 Å². The maximum atomic E-state index is 12.4. The van der Waals surface area contributed by atoms with E-state index in [4.69, 9.17) is 16.3 Å². The van der Waals surface area contributed by atoms with Crippen LogP contribution in [0, 0.1) is 5.92 Å². The molecule has 0 aromatic heterocycles. The van der Waals surface area contributed by atoms with E-state index in [0.717, 1.165) is 25.1 Å². The van der Waals surface area contributed by atoms with Gasteiger partial charge in [0.05, 0.1) is 0 Å². The summed E-state index contributed by atoms with van der Waals surface area (Å²) in [4.78, 5) is 12.4. The molecule has 0 spiro atoms. The van der Waals surface area contributed by atoms with Crippen LogP contribution in [0.3, 0.4) is 0 Å². The molecule has 5 heteroatoms. The summed E-state index contributed by atoms with van der Waals surface area (Å²) in [5.74, 6) is 1.13. The lowest BCUT2D eigenvalue weighted by atomic mass is 9.99. The molecule has 0 saturated carbocycles. The molecule has 1 aliphatic heterocycles. The van der Waals surface area contributed by atoms with Gasteiger partial charge in [-0.2, -0.15) is 0 Å². The van der Waals surface area contributed by atoms with Crippen molar-refractivity contribution in [3.63, 3.8) is 0 Å². The number of halogens is 1. The minimum atomic E-state index is -0.0567. The number of ether oxygens (including phenoxy) is 1. The summed E-state index contributed by atoms with van der Waals surface area (Å²) in [7, 11) is 0. The highest BCUT2D eigenvalue weighted by Gasteiger charge is 2.14. The van der Waals surface area contributed by atoms with Crippen molar-refractivity contribution in [2.75, 3.05) is 19.6 Å². The molecular weight excluding hydrogens is 336 g/mol. The summed E-state index contributed by atoms with van der Waals surface area (Å²) in [6.45, 7) is 3.18. The summed E-state index contributed by atoms with van der Waals surface area (Å²) in [6.07, 6.45) is 2.34. The number of hydrogen-bond acceptors (Lipinski definition) is 3. The Labute approximate surface area is 153 Å². The fraction of sp³-hybridized carbons (Fsp3) is 0.350. The van der Waals surface area contributed by atoms with Gasteiger partial charge in [0.25, 0.3) is 5.91 Å². The number of amides is 1. The summed E-state index contributed by atoms with van der Waals surface area (Å²) in [6, 6.07) is 14.8. The first-order valence-electron chi connectivity index (χ1n) is 8.67. The molecule has 1 atom stereocenters. The summed E-state index contributed by atoms with van der Waals surface area (Å²) in [5.41, 5.74) is 1.61. The Hall–Kier alpha value is -2.04. The molecule has 1 amide bonds. The van der Waals surface area contributed by atoms with Crippen molar-refractivity contribution in [1.82, 2.24) is 10.6 Å². The molecular formula is C20H23ClN2O2. The van der Waals surface area contributed by atoms with Crippen molar-refractivity contribution in [3.05, 3.63) is 64.7 Å². The van der Waals surface area contributed by atoms with Gasteiger partial charge < -0.3 is 15.4 Å². The SMILES string of the molecule is O=C(NCC1CCCNC1)c1cccc(OCc2cccc(Cl)c2)c1. The normalized spacial score (nSPS) is 17.1. The van der Waals surface area contributed by atoms with Crippen molar-refractivity contribution in [3.8, 4) is 5.75 Å². The van der Waals surface area contributed by atoms with Crippen LogP contribution in [0.15, 0.2) is 48.5 Å². The Balaban J connectivity index is 1.54. The minimum absolute atomic E-state index is 0.0567. The number of carbonyl (C=O) groups is 1. The highest BCUT2D eigenvalue weighted by molar-refractivity contribution is 6.30. The fourth-order valence-corrected chi connectivity index (χ4v) is 3.17. The third-order valence-corrected chi connectivity index (χ3v) is 4.58. The van der Waals surface area contributed by atoms with Gasteiger partial charge in [0.2, 0.25) is 0 Å². The summed E-state index contributed by atoms with van der Waals surface area (Å²) < 4.78 is 5.78.